The number of rotatable bonds is 3. The summed E-state index contributed by atoms with van der Waals surface area (Å²) in [6.07, 6.45) is 2.68. The lowest BCUT2D eigenvalue weighted by Crippen LogP contribution is -2.37. The molecule has 1 atom stereocenters. The van der Waals surface area contributed by atoms with Crippen molar-refractivity contribution in [2.75, 3.05) is 13.1 Å². The number of benzene rings is 1. The SMILES string of the molecule is CC(OC(=O)N1CCC=C(C=O)C1)c1ccccc1. The number of nitrogens with zero attached hydrogens (tertiary/aromatic N) is 1. The smallest absolute Gasteiger partial charge is 0.410 e. The van der Waals surface area contributed by atoms with Crippen LogP contribution in [0.5, 0.6) is 0 Å². The Morgan fingerprint density at radius 2 is 2.11 bits per heavy atom. The first-order valence-electron chi connectivity index (χ1n) is 6.35. The lowest BCUT2D eigenvalue weighted by atomic mass is 10.1. The van der Waals surface area contributed by atoms with Crippen LogP contribution in [0.1, 0.15) is 25.0 Å². The Bertz CT molecular complexity index is 481. The second-order valence-corrected chi connectivity index (χ2v) is 4.54. The van der Waals surface area contributed by atoms with Gasteiger partial charge in [0.05, 0.1) is 6.54 Å². The van der Waals surface area contributed by atoms with Crippen molar-refractivity contribution in [2.45, 2.75) is 19.4 Å². The summed E-state index contributed by atoms with van der Waals surface area (Å²) < 4.78 is 5.41. The van der Waals surface area contributed by atoms with Crippen LogP contribution in [-0.4, -0.2) is 30.4 Å². The van der Waals surface area contributed by atoms with E-state index in [1.807, 2.05) is 43.3 Å². The minimum absolute atomic E-state index is 0.292. The average Bonchev–Trinajstić information content (AvgIpc) is 2.48. The highest BCUT2D eigenvalue weighted by molar-refractivity contribution is 5.77. The van der Waals surface area contributed by atoms with Gasteiger partial charge in [0.25, 0.3) is 0 Å². The molecule has 100 valence electrons. The Balaban J connectivity index is 1.94. The minimum Gasteiger partial charge on any atom is -0.442 e. The summed E-state index contributed by atoms with van der Waals surface area (Å²) in [6, 6.07) is 9.58. The molecule has 0 radical (unpaired) electrons. The van der Waals surface area contributed by atoms with Crippen molar-refractivity contribution >= 4 is 12.4 Å². The number of amides is 1. The first-order chi connectivity index (χ1) is 9.20. The van der Waals surface area contributed by atoms with Gasteiger partial charge < -0.3 is 9.64 Å². The zero-order chi connectivity index (χ0) is 13.7. The third-order valence-corrected chi connectivity index (χ3v) is 3.14. The van der Waals surface area contributed by atoms with Crippen LogP contribution in [0.25, 0.3) is 0 Å². The maximum Gasteiger partial charge on any atom is 0.410 e. The molecule has 0 aliphatic carbocycles. The van der Waals surface area contributed by atoms with Crippen LogP contribution in [0.15, 0.2) is 42.0 Å². The predicted molar refractivity (Wildman–Crippen MR) is 71.7 cm³/mol. The maximum atomic E-state index is 12.0. The third kappa shape index (κ3) is 3.44. The molecule has 1 aromatic carbocycles. The van der Waals surface area contributed by atoms with E-state index >= 15 is 0 Å². The summed E-state index contributed by atoms with van der Waals surface area (Å²) in [4.78, 5) is 24.3. The number of aldehydes is 1. The zero-order valence-electron chi connectivity index (χ0n) is 10.9. The van der Waals surface area contributed by atoms with Gasteiger partial charge >= 0.3 is 6.09 Å². The quantitative estimate of drug-likeness (QED) is 0.784. The van der Waals surface area contributed by atoms with Crippen LogP contribution in [-0.2, 0) is 9.53 Å². The lowest BCUT2D eigenvalue weighted by Gasteiger charge is -2.26. The first-order valence-corrected chi connectivity index (χ1v) is 6.35. The maximum absolute atomic E-state index is 12.0. The fraction of sp³-hybridized carbons (Fsp3) is 0.333. The fourth-order valence-corrected chi connectivity index (χ4v) is 2.03. The van der Waals surface area contributed by atoms with E-state index in [4.69, 9.17) is 4.74 Å². The van der Waals surface area contributed by atoms with Gasteiger partial charge in [-0.05, 0) is 18.9 Å². The number of ether oxygens (including phenoxy) is 1. The van der Waals surface area contributed by atoms with Gasteiger partial charge in [0.15, 0.2) is 0 Å². The molecular formula is C15H17NO3. The van der Waals surface area contributed by atoms with Crippen LogP contribution >= 0.6 is 0 Å². The molecule has 1 amide bonds. The van der Waals surface area contributed by atoms with Crippen molar-refractivity contribution in [1.82, 2.24) is 4.90 Å². The van der Waals surface area contributed by atoms with E-state index in [-0.39, 0.29) is 12.2 Å². The minimum atomic E-state index is -0.371. The van der Waals surface area contributed by atoms with Gasteiger partial charge in [0.2, 0.25) is 0 Å². The van der Waals surface area contributed by atoms with Crippen LogP contribution in [0.3, 0.4) is 0 Å². The Morgan fingerprint density at radius 1 is 1.37 bits per heavy atom. The van der Waals surface area contributed by atoms with Gasteiger partial charge in [-0.15, -0.1) is 0 Å². The fourth-order valence-electron chi connectivity index (χ4n) is 2.03. The summed E-state index contributed by atoms with van der Waals surface area (Å²) in [5.74, 6) is 0. The van der Waals surface area contributed by atoms with Gasteiger partial charge in [-0.2, -0.15) is 0 Å². The highest BCUT2D eigenvalue weighted by Gasteiger charge is 2.21. The first kappa shape index (κ1) is 13.3. The zero-order valence-corrected chi connectivity index (χ0v) is 10.9. The van der Waals surface area contributed by atoms with Crippen molar-refractivity contribution in [3.8, 4) is 0 Å². The van der Waals surface area contributed by atoms with E-state index < -0.39 is 0 Å². The number of carbonyl (C=O) groups is 2. The summed E-state index contributed by atoms with van der Waals surface area (Å²) in [6.45, 7) is 2.77. The van der Waals surface area contributed by atoms with Crippen LogP contribution < -0.4 is 0 Å². The van der Waals surface area contributed by atoms with E-state index in [1.54, 1.807) is 4.90 Å². The molecule has 0 saturated carbocycles. The Kier molecular flexibility index (Phi) is 4.34. The Morgan fingerprint density at radius 3 is 2.79 bits per heavy atom. The van der Waals surface area contributed by atoms with Crippen LogP contribution in [0.2, 0.25) is 0 Å². The van der Waals surface area contributed by atoms with Gasteiger partial charge in [-0.25, -0.2) is 4.79 Å². The third-order valence-electron chi connectivity index (χ3n) is 3.14. The number of carbonyl (C=O) groups excluding carboxylic acids is 2. The van der Waals surface area contributed by atoms with Crippen LogP contribution in [0.4, 0.5) is 4.79 Å². The molecule has 4 heteroatoms. The second kappa shape index (κ2) is 6.18. The van der Waals surface area contributed by atoms with Crippen LogP contribution in [0, 0.1) is 0 Å². The highest BCUT2D eigenvalue weighted by atomic mass is 16.6. The average molecular weight is 259 g/mol. The second-order valence-electron chi connectivity index (χ2n) is 4.54. The van der Waals surface area contributed by atoms with E-state index in [0.717, 1.165) is 11.8 Å². The standard InChI is InChI=1S/C15H17NO3/c1-12(14-7-3-2-4-8-14)19-15(18)16-9-5-6-13(10-16)11-17/h2-4,6-8,11-12H,5,9-10H2,1H3. The van der Waals surface area contributed by atoms with Gasteiger partial charge in [0, 0.05) is 12.1 Å². The molecule has 1 heterocycles. The molecule has 1 unspecified atom stereocenters. The Labute approximate surface area is 112 Å². The molecule has 0 bridgehead atoms. The van der Waals surface area contributed by atoms with Crippen molar-refractivity contribution in [3.63, 3.8) is 0 Å². The molecule has 0 N–H and O–H groups in total. The largest absolute Gasteiger partial charge is 0.442 e. The molecule has 1 aromatic rings. The molecular weight excluding hydrogens is 242 g/mol. The molecule has 1 aliphatic heterocycles. The van der Waals surface area contributed by atoms with E-state index in [0.29, 0.717) is 25.1 Å². The topological polar surface area (TPSA) is 46.6 Å². The molecule has 4 nitrogen and oxygen atoms in total. The monoisotopic (exact) mass is 259 g/mol. The van der Waals surface area contributed by atoms with Crippen molar-refractivity contribution in [3.05, 3.63) is 47.5 Å². The molecule has 19 heavy (non-hydrogen) atoms. The summed E-state index contributed by atoms with van der Waals surface area (Å²) >= 11 is 0. The molecule has 0 fully saturated rings. The van der Waals surface area contributed by atoms with Crippen molar-refractivity contribution < 1.29 is 14.3 Å². The van der Waals surface area contributed by atoms with Crippen molar-refractivity contribution in [2.24, 2.45) is 0 Å². The van der Waals surface area contributed by atoms with Gasteiger partial charge in [-0.3, -0.25) is 4.79 Å². The normalized spacial score (nSPS) is 16.5. The van der Waals surface area contributed by atoms with Gasteiger partial charge in [0.1, 0.15) is 12.4 Å². The number of hydrogen-bond acceptors (Lipinski definition) is 3. The summed E-state index contributed by atoms with van der Waals surface area (Å²) in [5, 5.41) is 0. The van der Waals surface area contributed by atoms with E-state index in [2.05, 4.69) is 0 Å². The summed E-state index contributed by atoms with van der Waals surface area (Å²) in [7, 11) is 0. The highest BCUT2D eigenvalue weighted by Crippen LogP contribution is 2.18. The van der Waals surface area contributed by atoms with E-state index in [9.17, 15) is 9.59 Å². The lowest BCUT2D eigenvalue weighted by molar-refractivity contribution is -0.105. The molecule has 0 spiro atoms. The van der Waals surface area contributed by atoms with Crippen molar-refractivity contribution in [1.29, 1.82) is 0 Å². The Hall–Kier alpha value is -2.10. The van der Waals surface area contributed by atoms with Gasteiger partial charge in [-0.1, -0.05) is 36.4 Å². The number of hydrogen-bond donors (Lipinski definition) is 0. The predicted octanol–water partition coefficient (Wildman–Crippen LogP) is 2.72. The molecule has 1 aliphatic rings. The summed E-state index contributed by atoms with van der Waals surface area (Å²) in [5.41, 5.74) is 1.59. The van der Waals surface area contributed by atoms with E-state index in [1.165, 1.54) is 0 Å². The molecule has 0 saturated heterocycles. The molecule has 2 rings (SSSR count). The molecule has 0 aromatic heterocycles.